The first-order chi connectivity index (χ1) is 13.6. The molecular weight excluding hydrogens is 358 g/mol. The second kappa shape index (κ2) is 9.78. The summed E-state index contributed by atoms with van der Waals surface area (Å²) in [4.78, 5) is 29.8. The molecule has 0 aliphatic carbocycles. The number of amides is 2. The second-order valence-electron chi connectivity index (χ2n) is 7.56. The SMILES string of the molecule is CCOC(=O)N1CCN(C(=O)C2CC[NH+](Cc3ccc(OC)cc3)CC2)CC1. The van der Waals surface area contributed by atoms with Crippen LogP contribution in [0.2, 0.25) is 0 Å². The van der Waals surface area contributed by atoms with Gasteiger partial charge in [0.1, 0.15) is 12.3 Å². The van der Waals surface area contributed by atoms with Gasteiger partial charge in [-0.05, 0) is 31.2 Å². The van der Waals surface area contributed by atoms with Crippen molar-refractivity contribution in [2.24, 2.45) is 5.92 Å². The Balaban J connectivity index is 1.42. The van der Waals surface area contributed by atoms with Gasteiger partial charge in [0.15, 0.2) is 0 Å². The van der Waals surface area contributed by atoms with E-state index in [-0.39, 0.29) is 17.9 Å². The lowest BCUT2D eigenvalue weighted by molar-refractivity contribution is -0.919. The molecular formula is C21H32N3O4+. The van der Waals surface area contributed by atoms with Crippen LogP contribution in [0.1, 0.15) is 25.3 Å². The third kappa shape index (κ3) is 5.16. The molecule has 2 aliphatic heterocycles. The highest BCUT2D eigenvalue weighted by Crippen LogP contribution is 2.16. The van der Waals surface area contributed by atoms with E-state index in [1.54, 1.807) is 18.9 Å². The van der Waals surface area contributed by atoms with Gasteiger partial charge in [-0.3, -0.25) is 4.79 Å². The number of hydrogen-bond donors (Lipinski definition) is 1. The molecule has 1 N–H and O–H groups in total. The summed E-state index contributed by atoms with van der Waals surface area (Å²) < 4.78 is 10.3. The fourth-order valence-corrected chi connectivity index (χ4v) is 4.06. The number of piperazine rings is 1. The van der Waals surface area contributed by atoms with Crippen LogP contribution in [-0.4, -0.2) is 74.8 Å². The number of rotatable bonds is 5. The van der Waals surface area contributed by atoms with Gasteiger partial charge in [0, 0.05) is 50.5 Å². The number of likely N-dealkylation sites (tertiary alicyclic amines) is 1. The van der Waals surface area contributed by atoms with Gasteiger partial charge in [0.25, 0.3) is 0 Å². The first kappa shape index (κ1) is 20.5. The van der Waals surface area contributed by atoms with Gasteiger partial charge in [0.2, 0.25) is 5.91 Å². The predicted molar refractivity (Wildman–Crippen MR) is 105 cm³/mol. The molecule has 0 aromatic heterocycles. The van der Waals surface area contributed by atoms with Gasteiger partial charge in [-0.25, -0.2) is 4.79 Å². The summed E-state index contributed by atoms with van der Waals surface area (Å²) in [5, 5.41) is 0. The Morgan fingerprint density at radius 3 is 2.21 bits per heavy atom. The summed E-state index contributed by atoms with van der Waals surface area (Å²) in [6.07, 6.45) is 1.59. The predicted octanol–water partition coefficient (Wildman–Crippen LogP) is 0.791. The van der Waals surface area contributed by atoms with Gasteiger partial charge >= 0.3 is 6.09 Å². The maximum atomic E-state index is 12.9. The fourth-order valence-electron chi connectivity index (χ4n) is 4.06. The number of hydrogen-bond acceptors (Lipinski definition) is 4. The molecule has 3 rings (SSSR count). The van der Waals surface area contributed by atoms with Crippen molar-refractivity contribution in [1.82, 2.24) is 9.80 Å². The topological polar surface area (TPSA) is 63.5 Å². The molecule has 7 nitrogen and oxygen atoms in total. The van der Waals surface area contributed by atoms with Crippen LogP contribution in [-0.2, 0) is 16.1 Å². The van der Waals surface area contributed by atoms with Gasteiger partial charge in [-0.1, -0.05) is 0 Å². The van der Waals surface area contributed by atoms with Gasteiger partial charge in [-0.2, -0.15) is 0 Å². The molecule has 1 aromatic carbocycles. The average molecular weight is 391 g/mol. The van der Waals surface area contributed by atoms with Crippen LogP contribution >= 0.6 is 0 Å². The number of carbonyl (C=O) groups excluding carboxylic acids is 2. The van der Waals surface area contributed by atoms with Gasteiger partial charge in [-0.15, -0.1) is 0 Å². The molecule has 0 radical (unpaired) electrons. The molecule has 2 amide bonds. The number of methoxy groups -OCH3 is 1. The summed E-state index contributed by atoms with van der Waals surface area (Å²) in [7, 11) is 1.68. The molecule has 1 aromatic rings. The molecule has 0 atom stereocenters. The van der Waals surface area contributed by atoms with E-state index in [1.165, 1.54) is 10.5 Å². The first-order valence-corrected chi connectivity index (χ1v) is 10.3. The van der Waals surface area contributed by atoms with Crippen molar-refractivity contribution in [2.75, 3.05) is 53.0 Å². The Bertz CT molecular complexity index is 648. The number of benzene rings is 1. The molecule has 2 saturated heterocycles. The van der Waals surface area contributed by atoms with Crippen molar-refractivity contribution in [3.05, 3.63) is 29.8 Å². The number of carbonyl (C=O) groups is 2. The van der Waals surface area contributed by atoms with E-state index in [2.05, 4.69) is 12.1 Å². The minimum atomic E-state index is -0.273. The summed E-state index contributed by atoms with van der Waals surface area (Å²) in [6.45, 7) is 7.56. The number of nitrogens with one attached hydrogen (secondary N) is 1. The Morgan fingerprint density at radius 2 is 1.64 bits per heavy atom. The zero-order chi connectivity index (χ0) is 19.9. The highest BCUT2D eigenvalue weighted by Gasteiger charge is 2.32. The summed E-state index contributed by atoms with van der Waals surface area (Å²) in [6, 6.07) is 8.24. The molecule has 0 saturated carbocycles. The van der Waals surface area contributed by atoms with E-state index in [0.29, 0.717) is 32.8 Å². The summed E-state index contributed by atoms with van der Waals surface area (Å²) in [5.41, 5.74) is 1.30. The summed E-state index contributed by atoms with van der Waals surface area (Å²) >= 11 is 0. The molecule has 2 aliphatic rings. The van der Waals surface area contributed by atoms with Crippen molar-refractivity contribution >= 4 is 12.0 Å². The molecule has 0 spiro atoms. The molecule has 154 valence electrons. The monoisotopic (exact) mass is 390 g/mol. The van der Waals surface area contributed by atoms with Crippen LogP contribution in [0, 0.1) is 5.92 Å². The summed E-state index contributed by atoms with van der Waals surface area (Å²) in [5.74, 6) is 1.26. The number of ether oxygens (including phenoxy) is 2. The standard InChI is InChI=1S/C21H31N3O4/c1-3-28-21(26)24-14-12-23(13-15-24)20(25)18-8-10-22(11-9-18)16-17-4-6-19(27-2)7-5-17/h4-7,18H,3,8-16H2,1-2H3/p+1. The smallest absolute Gasteiger partial charge is 0.409 e. The lowest BCUT2D eigenvalue weighted by Gasteiger charge is -2.37. The van der Waals surface area contributed by atoms with Crippen LogP contribution < -0.4 is 9.64 Å². The molecule has 0 unspecified atom stereocenters. The third-order valence-corrected chi connectivity index (χ3v) is 5.77. The van der Waals surface area contributed by atoms with Crippen molar-refractivity contribution in [1.29, 1.82) is 0 Å². The van der Waals surface area contributed by atoms with Crippen molar-refractivity contribution in [3.8, 4) is 5.75 Å². The van der Waals surface area contributed by atoms with E-state index in [1.807, 2.05) is 17.0 Å². The fraction of sp³-hybridized carbons (Fsp3) is 0.619. The lowest BCUT2D eigenvalue weighted by atomic mass is 9.94. The van der Waals surface area contributed by atoms with E-state index in [0.717, 1.165) is 38.2 Å². The molecule has 0 bridgehead atoms. The zero-order valence-electron chi connectivity index (χ0n) is 17.0. The zero-order valence-corrected chi connectivity index (χ0v) is 17.0. The second-order valence-corrected chi connectivity index (χ2v) is 7.56. The molecule has 28 heavy (non-hydrogen) atoms. The van der Waals surface area contributed by atoms with E-state index < -0.39 is 0 Å². The van der Waals surface area contributed by atoms with Crippen molar-refractivity contribution in [2.45, 2.75) is 26.3 Å². The normalized spacial score (nSPS) is 22.6. The van der Waals surface area contributed by atoms with Crippen LogP contribution in [0.25, 0.3) is 0 Å². The lowest BCUT2D eigenvalue weighted by Crippen LogP contribution is -3.11. The molecule has 7 heteroatoms. The van der Waals surface area contributed by atoms with Crippen LogP contribution in [0.3, 0.4) is 0 Å². The number of piperidine rings is 1. The number of nitrogens with zero attached hydrogens (tertiary/aromatic N) is 2. The van der Waals surface area contributed by atoms with Crippen molar-refractivity contribution < 1.29 is 24.0 Å². The Kier molecular flexibility index (Phi) is 7.14. The maximum Gasteiger partial charge on any atom is 0.409 e. The third-order valence-electron chi connectivity index (χ3n) is 5.77. The van der Waals surface area contributed by atoms with Crippen LogP contribution in [0.4, 0.5) is 4.79 Å². The molecule has 2 heterocycles. The first-order valence-electron chi connectivity index (χ1n) is 10.3. The minimum Gasteiger partial charge on any atom is -0.497 e. The Morgan fingerprint density at radius 1 is 1.04 bits per heavy atom. The average Bonchev–Trinajstić information content (AvgIpc) is 2.74. The van der Waals surface area contributed by atoms with Gasteiger partial charge in [0.05, 0.1) is 26.8 Å². The Hall–Kier alpha value is -2.28. The quantitative estimate of drug-likeness (QED) is 0.808. The van der Waals surface area contributed by atoms with E-state index in [9.17, 15) is 9.59 Å². The van der Waals surface area contributed by atoms with Crippen molar-refractivity contribution in [3.63, 3.8) is 0 Å². The van der Waals surface area contributed by atoms with Gasteiger partial charge < -0.3 is 24.2 Å². The Labute approximate surface area is 167 Å². The van der Waals surface area contributed by atoms with E-state index in [4.69, 9.17) is 9.47 Å². The largest absolute Gasteiger partial charge is 0.497 e. The maximum absolute atomic E-state index is 12.9. The minimum absolute atomic E-state index is 0.119. The number of quaternary nitrogens is 1. The highest BCUT2D eigenvalue weighted by molar-refractivity contribution is 5.79. The van der Waals surface area contributed by atoms with Crippen LogP contribution in [0.15, 0.2) is 24.3 Å². The van der Waals surface area contributed by atoms with E-state index >= 15 is 0 Å². The van der Waals surface area contributed by atoms with Crippen LogP contribution in [0.5, 0.6) is 5.75 Å². The highest BCUT2D eigenvalue weighted by atomic mass is 16.6. The molecule has 2 fully saturated rings.